The van der Waals surface area contributed by atoms with Gasteiger partial charge >= 0.3 is 11.9 Å². The zero-order valence-electron chi connectivity index (χ0n) is 18.6. The van der Waals surface area contributed by atoms with E-state index in [0.29, 0.717) is 11.1 Å². The number of amides is 2. The Morgan fingerprint density at radius 1 is 0.611 bits per heavy atom. The van der Waals surface area contributed by atoms with Crippen LogP contribution in [0.5, 0.6) is 0 Å². The lowest BCUT2D eigenvalue weighted by Crippen LogP contribution is -2.62. The lowest BCUT2D eigenvalue weighted by atomic mass is 9.55. The van der Waals surface area contributed by atoms with Crippen molar-refractivity contribution >= 4 is 35.1 Å². The minimum absolute atomic E-state index is 0.122. The highest BCUT2D eigenvalue weighted by molar-refractivity contribution is 6.07. The lowest BCUT2D eigenvalue weighted by molar-refractivity contribution is -0.179. The summed E-state index contributed by atoms with van der Waals surface area (Å²) in [5.74, 6) is -1.79. The van der Waals surface area contributed by atoms with Crippen LogP contribution in [0.4, 0.5) is 11.4 Å². The van der Waals surface area contributed by atoms with Crippen LogP contribution in [0.1, 0.15) is 22.3 Å². The van der Waals surface area contributed by atoms with Crippen LogP contribution in [-0.4, -0.2) is 34.0 Å². The van der Waals surface area contributed by atoms with E-state index in [0.717, 1.165) is 0 Å². The summed E-state index contributed by atoms with van der Waals surface area (Å²) in [6, 6.07) is 8.91. The molecular weight excluding hydrogens is 460 g/mol. The maximum Gasteiger partial charge on any atom is 0.308 e. The molecule has 0 aromatic heterocycles. The Morgan fingerprint density at radius 3 is 1.25 bits per heavy atom. The van der Waals surface area contributed by atoms with E-state index >= 15 is 0 Å². The molecule has 1 aliphatic rings. The van der Waals surface area contributed by atoms with E-state index in [1.165, 1.54) is 24.3 Å². The van der Waals surface area contributed by atoms with Crippen molar-refractivity contribution in [1.29, 1.82) is 0 Å². The highest BCUT2D eigenvalue weighted by Gasteiger charge is 2.63. The smallest absolute Gasteiger partial charge is 0.308 e. The van der Waals surface area contributed by atoms with E-state index in [2.05, 4.69) is 34.3 Å². The predicted octanol–water partition coefficient (Wildman–Crippen LogP) is 1.84. The molecule has 176 valence electrons. The minimum atomic E-state index is -1.67. The van der Waals surface area contributed by atoms with Crippen LogP contribution in [0, 0.1) is 73.0 Å². The number of aliphatic carboxylic acids is 2. The van der Waals surface area contributed by atoms with Crippen LogP contribution in [-0.2, 0) is 19.2 Å². The van der Waals surface area contributed by atoms with Gasteiger partial charge in [-0.05, 0) is 36.4 Å². The van der Waals surface area contributed by atoms with Crippen LogP contribution in [0.2, 0.25) is 0 Å². The molecule has 0 spiro atoms. The van der Waals surface area contributed by atoms with Crippen molar-refractivity contribution in [3.05, 3.63) is 58.7 Å². The highest BCUT2D eigenvalue weighted by Crippen LogP contribution is 2.48. The fraction of sp³-hybridized carbons (Fsp3) is 0.143. The fourth-order valence-corrected chi connectivity index (χ4v) is 4.17. The van der Waals surface area contributed by atoms with Gasteiger partial charge in [0.05, 0.1) is 35.0 Å². The van der Waals surface area contributed by atoms with Crippen LogP contribution in [0.15, 0.2) is 36.4 Å². The first-order valence-corrected chi connectivity index (χ1v) is 10.4. The first-order chi connectivity index (χ1) is 17.2. The highest BCUT2D eigenvalue weighted by atomic mass is 16.4. The first-order valence-electron chi connectivity index (χ1n) is 10.4. The zero-order chi connectivity index (χ0) is 26.6. The number of nitrogens with one attached hydrogen (secondary N) is 2. The molecular formula is C28H18N2O6. The van der Waals surface area contributed by atoms with Gasteiger partial charge in [0, 0.05) is 22.3 Å². The molecule has 2 aromatic rings. The van der Waals surface area contributed by atoms with Gasteiger partial charge in [0.25, 0.3) is 0 Å². The van der Waals surface area contributed by atoms with Gasteiger partial charge in [-0.2, -0.15) is 0 Å². The second-order valence-electron chi connectivity index (χ2n) is 7.86. The standard InChI is InChI=1S/C28H18N2O6/c1-5-15-9-11-17(7-3)19(13-15)29-25(31)21-22(24(28(35)36)23(21)27(33)34)26(32)30-20-14-16(6-2)10-12-18(20)8-4/h1-4,9-14,21-24H,(H,29,31)(H,30,32)(H,33,34)(H,35,36). The quantitative estimate of drug-likeness (QED) is 0.469. The molecule has 0 heterocycles. The molecule has 3 rings (SSSR count). The first kappa shape index (κ1) is 25.2. The van der Waals surface area contributed by atoms with Crippen molar-refractivity contribution in [2.45, 2.75) is 0 Å². The molecule has 1 fully saturated rings. The summed E-state index contributed by atoms with van der Waals surface area (Å²) in [7, 11) is 0. The largest absolute Gasteiger partial charge is 0.481 e. The van der Waals surface area contributed by atoms with E-state index in [9.17, 15) is 29.4 Å². The second-order valence-corrected chi connectivity index (χ2v) is 7.86. The van der Waals surface area contributed by atoms with Gasteiger partial charge in [-0.3, -0.25) is 19.2 Å². The van der Waals surface area contributed by atoms with E-state index in [4.69, 9.17) is 25.7 Å². The monoisotopic (exact) mass is 478 g/mol. The van der Waals surface area contributed by atoms with Gasteiger partial charge < -0.3 is 20.8 Å². The molecule has 0 bridgehead atoms. The van der Waals surface area contributed by atoms with Crippen LogP contribution in [0.3, 0.4) is 0 Å². The molecule has 1 saturated carbocycles. The van der Waals surface area contributed by atoms with E-state index in [-0.39, 0.29) is 22.5 Å². The van der Waals surface area contributed by atoms with Crippen LogP contribution < -0.4 is 10.6 Å². The molecule has 4 unspecified atom stereocenters. The van der Waals surface area contributed by atoms with Gasteiger partial charge in [-0.1, -0.05) is 23.7 Å². The van der Waals surface area contributed by atoms with Gasteiger partial charge in [0.15, 0.2) is 0 Å². The number of rotatable bonds is 6. The Morgan fingerprint density at radius 2 is 0.972 bits per heavy atom. The molecule has 0 radical (unpaired) electrons. The number of carboxylic acid groups (broad SMARTS) is 2. The molecule has 8 heteroatoms. The SMILES string of the molecule is C#Cc1ccc(C#C)c(NC(=O)C2C(C(=O)O)C(C(=O)O)C2C(=O)Nc2cc(C#C)ccc2C#C)c1. The van der Waals surface area contributed by atoms with Gasteiger partial charge in [-0.15, -0.1) is 25.7 Å². The fourth-order valence-electron chi connectivity index (χ4n) is 4.17. The lowest BCUT2D eigenvalue weighted by Gasteiger charge is -2.45. The summed E-state index contributed by atoms with van der Waals surface area (Å²) in [5, 5.41) is 24.4. The number of hydrogen-bond acceptors (Lipinski definition) is 4. The number of anilines is 2. The Hall–Kier alpha value is -5.44. The van der Waals surface area contributed by atoms with Crippen LogP contribution >= 0.6 is 0 Å². The minimum Gasteiger partial charge on any atom is -0.481 e. The molecule has 0 aliphatic heterocycles. The maximum absolute atomic E-state index is 13.2. The van der Waals surface area contributed by atoms with E-state index < -0.39 is 47.4 Å². The third kappa shape index (κ3) is 4.62. The number of carbonyl (C=O) groups is 4. The van der Waals surface area contributed by atoms with E-state index in [1.54, 1.807) is 12.1 Å². The summed E-state index contributed by atoms with van der Waals surface area (Å²) < 4.78 is 0. The van der Waals surface area contributed by atoms with Crippen molar-refractivity contribution in [2.75, 3.05) is 10.6 Å². The summed E-state index contributed by atoms with van der Waals surface area (Å²) in [5.41, 5.74) is 1.54. The van der Waals surface area contributed by atoms with Gasteiger partial charge in [0.1, 0.15) is 0 Å². The Kier molecular flexibility index (Phi) is 7.15. The second kappa shape index (κ2) is 10.2. The van der Waals surface area contributed by atoms with Crippen molar-refractivity contribution in [3.8, 4) is 49.4 Å². The van der Waals surface area contributed by atoms with Crippen molar-refractivity contribution < 1.29 is 29.4 Å². The Balaban J connectivity index is 1.99. The number of hydrogen-bond donors (Lipinski definition) is 4. The molecule has 4 atom stereocenters. The molecule has 8 nitrogen and oxygen atoms in total. The van der Waals surface area contributed by atoms with Gasteiger partial charge in [0.2, 0.25) is 11.8 Å². The molecule has 0 saturated heterocycles. The number of benzene rings is 2. The Bertz CT molecular complexity index is 1350. The number of terminal acetylenes is 4. The summed E-state index contributed by atoms with van der Waals surface area (Å²) in [4.78, 5) is 50.2. The van der Waals surface area contributed by atoms with Crippen molar-refractivity contribution in [1.82, 2.24) is 0 Å². The molecule has 1 aliphatic carbocycles. The number of carbonyl (C=O) groups excluding carboxylic acids is 2. The average Bonchev–Trinajstić information content (AvgIpc) is 2.82. The van der Waals surface area contributed by atoms with Crippen LogP contribution in [0.25, 0.3) is 0 Å². The van der Waals surface area contributed by atoms with Gasteiger partial charge in [-0.25, -0.2) is 0 Å². The summed E-state index contributed by atoms with van der Waals surface area (Å²) >= 11 is 0. The predicted molar refractivity (Wildman–Crippen MR) is 131 cm³/mol. The molecule has 2 amide bonds. The summed E-state index contributed by atoms with van der Waals surface area (Å²) in [6.45, 7) is 0. The third-order valence-electron chi connectivity index (χ3n) is 5.92. The summed E-state index contributed by atoms with van der Waals surface area (Å²) in [6.07, 6.45) is 21.7. The van der Waals surface area contributed by atoms with Crippen molar-refractivity contribution in [3.63, 3.8) is 0 Å². The molecule has 4 N–H and O–H groups in total. The van der Waals surface area contributed by atoms with E-state index in [1.807, 2.05) is 0 Å². The topological polar surface area (TPSA) is 133 Å². The maximum atomic E-state index is 13.2. The third-order valence-corrected chi connectivity index (χ3v) is 5.92. The molecule has 2 aromatic carbocycles. The number of carboxylic acids is 2. The molecule has 36 heavy (non-hydrogen) atoms. The zero-order valence-corrected chi connectivity index (χ0v) is 18.6. The average molecular weight is 478 g/mol. The Labute approximate surface area is 207 Å². The van der Waals surface area contributed by atoms with Crippen molar-refractivity contribution in [2.24, 2.45) is 23.7 Å². The normalized spacial score (nSPS) is 19.7.